The molecule has 0 saturated heterocycles. The van der Waals surface area contributed by atoms with E-state index in [2.05, 4.69) is 15.9 Å². The molecule has 0 heterocycles. The molecule has 0 aromatic rings. The van der Waals surface area contributed by atoms with Gasteiger partial charge in [0.25, 0.3) is 0 Å². The number of hydrogen-bond donors (Lipinski definition) is 0. The van der Waals surface area contributed by atoms with Crippen molar-refractivity contribution in [2.24, 2.45) is 11.8 Å². The van der Waals surface area contributed by atoms with Crippen LogP contribution >= 0.6 is 15.9 Å². The maximum atomic E-state index is 11.2. The van der Waals surface area contributed by atoms with Crippen molar-refractivity contribution in [3.05, 3.63) is 0 Å². The summed E-state index contributed by atoms with van der Waals surface area (Å²) in [6.45, 7) is 0. The molecule has 1 nitrogen and oxygen atoms in total. The van der Waals surface area contributed by atoms with Crippen LogP contribution in [0.2, 0.25) is 0 Å². The number of carbonyl (C=O) groups excluding carboxylic acids is 1. The first-order chi connectivity index (χ1) is 4.79. The highest BCUT2D eigenvalue weighted by Crippen LogP contribution is 2.45. The Hall–Kier alpha value is 0.150. The molecule has 2 saturated carbocycles. The molecular weight excluding hydrogens is 192 g/mol. The van der Waals surface area contributed by atoms with E-state index >= 15 is 0 Å². The first-order valence-electron chi connectivity index (χ1n) is 3.96. The Labute approximate surface area is 69.3 Å². The molecule has 3 atom stereocenters. The zero-order chi connectivity index (χ0) is 7.14. The number of rotatable bonds is 0. The van der Waals surface area contributed by atoms with E-state index in [-0.39, 0.29) is 0 Å². The van der Waals surface area contributed by atoms with E-state index in [1.807, 2.05) is 0 Å². The molecule has 0 bridgehead atoms. The summed E-state index contributed by atoms with van der Waals surface area (Å²) < 4.78 is 0. The summed E-state index contributed by atoms with van der Waals surface area (Å²) in [6.07, 6.45) is 4.31. The molecule has 0 aromatic carbocycles. The Bertz CT molecular complexity index is 167. The van der Waals surface area contributed by atoms with Crippen molar-refractivity contribution in [1.29, 1.82) is 0 Å². The number of carbonyl (C=O) groups is 1. The Morgan fingerprint density at radius 2 is 2.10 bits per heavy atom. The van der Waals surface area contributed by atoms with Gasteiger partial charge in [-0.15, -0.1) is 0 Å². The topological polar surface area (TPSA) is 17.1 Å². The van der Waals surface area contributed by atoms with Crippen LogP contribution in [0.25, 0.3) is 0 Å². The fourth-order valence-electron chi connectivity index (χ4n) is 2.04. The Kier molecular flexibility index (Phi) is 1.59. The van der Waals surface area contributed by atoms with Crippen molar-refractivity contribution >= 4 is 21.7 Å². The number of alkyl halides is 1. The molecular formula is C8H11BrO. The highest BCUT2D eigenvalue weighted by Gasteiger charge is 2.43. The Morgan fingerprint density at radius 3 is 2.60 bits per heavy atom. The predicted molar refractivity (Wildman–Crippen MR) is 43.2 cm³/mol. The molecule has 0 amide bonds. The largest absolute Gasteiger partial charge is 0.299 e. The molecule has 56 valence electrons. The van der Waals surface area contributed by atoms with E-state index in [1.165, 1.54) is 6.42 Å². The lowest BCUT2D eigenvalue weighted by molar-refractivity contribution is -0.130. The maximum absolute atomic E-state index is 11.2. The van der Waals surface area contributed by atoms with Crippen molar-refractivity contribution in [3.63, 3.8) is 0 Å². The Morgan fingerprint density at radius 1 is 1.30 bits per heavy atom. The lowest BCUT2D eigenvalue weighted by Crippen LogP contribution is -2.42. The molecule has 0 spiro atoms. The molecule has 2 aliphatic rings. The highest BCUT2D eigenvalue weighted by molar-refractivity contribution is 9.09. The number of ketones is 1. The van der Waals surface area contributed by atoms with Crippen LogP contribution in [-0.2, 0) is 4.79 Å². The average Bonchev–Trinajstić information content (AvgIpc) is 1.78. The van der Waals surface area contributed by atoms with Crippen LogP contribution in [0.3, 0.4) is 0 Å². The van der Waals surface area contributed by atoms with Crippen molar-refractivity contribution < 1.29 is 4.79 Å². The standard InChI is InChI=1S/C8H11BrO/c9-7-3-4-8(10)6-2-1-5(6)7/h5-7H,1-4H2. The minimum absolute atomic E-state index is 0.443. The van der Waals surface area contributed by atoms with Crippen LogP contribution in [0.5, 0.6) is 0 Å². The third-order valence-electron chi connectivity index (χ3n) is 2.87. The number of halogens is 1. The summed E-state index contributed by atoms with van der Waals surface area (Å²) in [6, 6.07) is 0. The van der Waals surface area contributed by atoms with E-state index in [4.69, 9.17) is 0 Å². The molecule has 0 radical (unpaired) electrons. The van der Waals surface area contributed by atoms with Crippen molar-refractivity contribution in [3.8, 4) is 0 Å². The van der Waals surface area contributed by atoms with Crippen LogP contribution in [-0.4, -0.2) is 10.6 Å². The van der Waals surface area contributed by atoms with Gasteiger partial charge >= 0.3 is 0 Å². The fraction of sp³-hybridized carbons (Fsp3) is 0.875. The number of fused-ring (bicyclic) bond motifs is 1. The van der Waals surface area contributed by atoms with Crippen LogP contribution < -0.4 is 0 Å². The third kappa shape index (κ3) is 0.849. The maximum Gasteiger partial charge on any atom is 0.136 e. The van der Waals surface area contributed by atoms with E-state index in [0.717, 1.165) is 19.3 Å². The van der Waals surface area contributed by atoms with E-state index in [9.17, 15) is 4.79 Å². The number of hydrogen-bond acceptors (Lipinski definition) is 1. The van der Waals surface area contributed by atoms with Gasteiger partial charge in [-0.3, -0.25) is 4.79 Å². The van der Waals surface area contributed by atoms with E-state index in [1.54, 1.807) is 0 Å². The van der Waals surface area contributed by atoms with Crippen molar-refractivity contribution in [1.82, 2.24) is 0 Å². The van der Waals surface area contributed by atoms with Gasteiger partial charge < -0.3 is 0 Å². The molecule has 2 heteroatoms. The molecule has 10 heavy (non-hydrogen) atoms. The smallest absolute Gasteiger partial charge is 0.136 e. The van der Waals surface area contributed by atoms with Gasteiger partial charge in [0.15, 0.2) is 0 Å². The number of Topliss-reactive ketones (excluding diaryl/α,β-unsaturated/α-hetero) is 1. The van der Waals surface area contributed by atoms with Crippen LogP contribution in [0.1, 0.15) is 25.7 Å². The summed E-state index contributed by atoms with van der Waals surface area (Å²) in [4.78, 5) is 11.8. The van der Waals surface area contributed by atoms with Crippen LogP contribution in [0, 0.1) is 11.8 Å². The lowest BCUT2D eigenvalue weighted by atomic mass is 9.65. The quantitative estimate of drug-likeness (QED) is 0.551. The molecule has 2 fully saturated rings. The summed E-state index contributed by atoms with van der Waals surface area (Å²) in [5, 5.41) is 0. The molecule has 0 aromatic heterocycles. The fourth-order valence-corrected chi connectivity index (χ4v) is 2.90. The Balaban J connectivity index is 2.09. The minimum Gasteiger partial charge on any atom is -0.299 e. The van der Waals surface area contributed by atoms with Gasteiger partial charge in [-0.1, -0.05) is 15.9 Å². The summed E-state index contributed by atoms with van der Waals surface area (Å²) in [5.41, 5.74) is 0. The van der Waals surface area contributed by atoms with Gasteiger partial charge in [-0.25, -0.2) is 0 Å². The molecule has 0 aliphatic heterocycles. The molecule has 3 unspecified atom stereocenters. The van der Waals surface area contributed by atoms with E-state index in [0.29, 0.717) is 22.4 Å². The van der Waals surface area contributed by atoms with Crippen molar-refractivity contribution in [2.45, 2.75) is 30.5 Å². The van der Waals surface area contributed by atoms with Gasteiger partial charge in [0.05, 0.1) is 0 Å². The van der Waals surface area contributed by atoms with Crippen LogP contribution in [0.4, 0.5) is 0 Å². The normalized spacial score (nSPS) is 46.1. The first kappa shape index (κ1) is 6.84. The monoisotopic (exact) mass is 202 g/mol. The van der Waals surface area contributed by atoms with E-state index < -0.39 is 0 Å². The summed E-state index contributed by atoms with van der Waals surface area (Å²) >= 11 is 3.62. The molecule has 0 N–H and O–H groups in total. The van der Waals surface area contributed by atoms with Gasteiger partial charge in [0.1, 0.15) is 5.78 Å². The van der Waals surface area contributed by atoms with Gasteiger partial charge in [-0.05, 0) is 25.2 Å². The van der Waals surface area contributed by atoms with Crippen LogP contribution in [0.15, 0.2) is 0 Å². The SMILES string of the molecule is O=C1CCC(Br)C2CCC12. The van der Waals surface area contributed by atoms with Crippen molar-refractivity contribution in [2.75, 3.05) is 0 Å². The second-order valence-electron chi connectivity index (χ2n) is 3.37. The highest BCUT2D eigenvalue weighted by atomic mass is 79.9. The minimum atomic E-state index is 0.443. The first-order valence-corrected chi connectivity index (χ1v) is 4.87. The second kappa shape index (κ2) is 2.33. The average molecular weight is 203 g/mol. The summed E-state index contributed by atoms with van der Waals surface area (Å²) in [7, 11) is 0. The second-order valence-corrected chi connectivity index (χ2v) is 4.54. The third-order valence-corrected chi connectivity index (χ3v) is 4.01. The van der Waals surface area contributed by atoms with Gasteiger partial charge in [-0.2, -0.15) is 0 Å². The zero-order valence-corrected chi connectivity index (χ0v) is 7.43. The predicted octanol–water partition coefficient (Wildman–Crippen LogP) is 2.14. The molecule has 2 aliphatic carbocycles. The molecule has 2 rings (SSSR count). The zero-order valence-electron chi connectivity index (χ0n) is 5.85. The van der Waals surface area contributed by atoms with Gasteiger partial charge in [0, 0.05) is 17.2 Å². The summed E-state index contributed by atoms with van der Waals surface area (Å²) in [5.74, 6) is 1.66. The van der Waals surface area contributed by atoms with Gasteiger partial charge in [0.2, 0.25) is 0 Å². The lowest BCUT2D eigenvalue weighted by Gasteiger charge is -2.42.